The molecular formula is C20H23FN3O3+. The van der Waals surface area contributed by atoms with Crippen molar-refractivity contribution in [2.24, 2.45) is 0 Å². The fourth-order valence-corrected chi connectivity index (χ4v) is 2.47. The van der Waals surface area contributed by atoms with E-state index < -0.39 is 11.9 Å². The minimum absolute atomic E-state index is 0.0403. The van der Waals surface area contributed by atoms with Crippen molar-refractivity contribution in [1.82, 2.24) is 0 Å². The van der Waals surface area contributed by atoms with Gasteiger partial charge in [0.25, 0.3) is 11.8 Å². The van der Waals surface area contributed by atoms with Crippen LogP contribution in [-0.4, -0.2) is 37.2 Å². The molecule has 2 aromatic rings. The fraction of sp³-hybridized carbons (Fsp3) is 0.250. The number of carbonyl (C=O) groups excluding carboxylic acids is 3. The molecule has 0 heterocycles. The molecule has 142 valence electrons. The van der Waals surface area contributed by atoms with Crippen molar-refractivity contribution in [1.29, 1.82) is 0 Å². The number of halogens is 1. The van der Waals surface area contributed by atoms with Crippen molar-refractivity contribution in [3.05, 3.63) is 59.9 Å². The van der Waals surface area contributed by atoms with Gasteiger partial charge in [-0.1, -0.05) is 18.2 Å². The van der Waals surface area contributed by atoms with Gasteiger partial charge in [0, 0.05) is 16.9 Å². The zero-order chi connectivity index (χ0) is 20.0. The van der Waals surface area contributed by atoms with Crippen LogP contribution in [0.15, 0.2) is 48.5 Å². The van der Waals surface area contributed by atoms with E-state index in [1.807, 2.05) is 0 Å². The Morgan fingerprint density at radius 3 is 2.30 bits per heavy atom. The van der Waals surface area contributed by atoms with Crippen LogP contribution in [0.1, 0.15) is 24.2 Å². The summed E-state index contributed by atoms with van der Waals surface area (Å²) in [5.74, 6) is -1.12. The number of anilines is 2. The number of likely N-dealkylation sites (N-methyl/N-ethyl adjacent to an activating group) is 1. The zero-order valence-corrected chi connectivity index (χ0v) is 15.5. The molecule has 0 radical (unpaired) electrons. The third-order valence-corrected chi connectivity index (χ3v) is 4.22. The number of Topliss-reactive ketones (excluding diaryl/α,β-unsaturated/α-hetero) is 1. The molecule has 0 saturated carbocycles. The summed E-state index contributed by atoms with van der Waals surface area (Å²) < 4.78 is 13.2. The molecule has 3 N–H and O–H groups in total. The number of ketones is 1. The standard InChI is InChI=1S/C20H22FN3O3/c1-13(20(27)23-17-8-4-6-15(10-17)14(2)25)24(3)12-19(26)22-18-9-5-7-16(21)11-18/h4-11,13H,12H2,1-3H3,(H,22,26)(H,23,27)/p+1/t13-/m0/s1. The highest BCUT2D eigenvalue weighted by Crippen LogP contribution is 2.11. The Labute approximate surface area is 157 Å². The summed E-state index contributed by atoms with van der Waals surface area (Å²) in [6.45, 7) is 3.20. The Kier molecular flexibility index (Phi) is 6.79. The molecule has 0 aliphatic carbocycles. The highest BCUT2D eigenvalue weighted by atomic mass is 19.1. The predicted octanol–water partition coefficient (Wildman–Crippen LogP) is 1.51. The lowest BCUT2D eigenvalue weighted by molar-refractivity contribution is -0.885. The number of quaternary nitrogens is 1. The molecule has 0 spiro atoms. The lowest BCUT2D eigenvalue weighted by Crippen LogP contribution is -3.14. The summed E-state index contributed by atoms with van der Waals surface area (Å²) >= 11 is 0. The van der Waals surface area contributed by atoms with Crippen LogP contribution in [0.2, 0.25) is 0 Å². The molecule has 0 aliphatic rings. The molecule has 0 aromatic heterocycles. The van der Waals surface area contributed by atoms with Gasteiger partial charge in [0.1, 0.15) is 5.82 Å². The van der Waals surface area contributed by atoms with Gasteiger partial charge in [-0.25, -0.2) is 4.39 Å². The van der Waals surface area contributed by atoms with Crippen molar-refractivity contribution in [3.8, 4) is 0 Å². The number of hydrogen-bond acceptors (Lipinski definition) is 3. The van der Waals surface area contributed by atoms with Gasteiger partial charge in [0.2, 0.25) is 0 Å². The van der Waals surface area contributed by atoms with Gasteiger partial charge in [0.05, 0.1) is 7.05 Å². The lowest BCUT2D eigenvalue weighted by Gasteiger charge is -2.20. The Hall–Kier alpha value is -3.06. The van der Waals surface area contributed by atoms with E-state index in [0.717, 1.165) is 0 Å². The maximum atomic E-state index is 13.2. The first-order valence-corrected chi connectivity index (χ1v) is 8.56. The first-order valence-electron chi connectivity index (χ1n) is 8.56. The average molecular weight is 372 g/mol. The van der Waals surface area contributed by atoms with Gasteiger partial charge in [-0.3, -0.25) is 14.4 Å². The van der Waals surface area contributed by atoms with Gasteiger partial charge in [0.15, 0.2) is 18.4 Å². The molecule has 2 aromatic carbocycles. The lowest BCUT2D eigenvalue weighted by atomic mass is 10.1. The second kappa shape index (κ2) is 9.05. The summed E-state index contributed by atoms with van der Waals surface area (Å²) in [6.07, 6.45) is 0. The van der Waals surface area contributed by atoms with Crippen LogP contribution in [0, 0.1) is 5.82 Å². The van der Waals surface area contributed by atoms with Crippen molar-refractivity contribution in [2.75, 3.05) is 24.2 Å². The van der Waals surface area contributed by atoms with Crippen LogP contribution in [-0.2, 0) is 9.59 Å². The SMILES string of the molecule is CC(=O)c1cccc(NC(=O)[C@H](C)[NH+](C)CC(=O)Nc2cccc(F)c2)c1. The van der Waals surface area contributed by atoms with E-state index in [-0.39, 0.29) is 24.1 Å². The first kappa shape index (κ1) is 20.3. The summed E-state index contributed by atoms with van der Waals surface area (Å²) in [6, 6.07) is 11.8. The van der Waals surface area contributed by atoms with Gasteiger partial charge in [-0.05, 0) is 44.2 Å². The molecule has 27 heavy (non-hydrogen) atoms. The molecule has 2 rings (SSSR count). The monoisotopic (exact) mass is 372 g/mol. The normalized spacial score (nSPS) is 12.7. The number of benzene rings is 2. The van der Waals surface area contributed by atoms with E-state index in [1.54, 1.807) is 44.3 Å². The number of carbonyl (C=O) groups is 3. The minimum atomic E-state index is -0.510. The molecule has 6 nitrogen and oxygen atoms in total. The third kappa shape index (κ3) is 6.00. The topological polar surface area (TPSA) is 79.7 Å². The third-order valence-electron chi connectivity index (χ3n) is 4.22. The van der Waals surface area contributed by atoms with E-state index in [9.17, 15) is 18.8 Å². The minimum Gasteiger partial charge on any atom is -0.321 e. The predicted molar refractivity (Wildman–Crippen MR) is 101 cm³/mol. The van der Waals surface area contributed by atoms with Crippen molar-refractivity contribution in [2.45, 2.75) is 19.9 Å². The van der Waals surface area contributed by atoms with Gasteiger partial charge in [-0.2, -0.15) is 0 Å². The van der Waals surface area contributed by atoms with Crippen molar-refractivity contribution < 1.29 is 23.7 Å². The van der Waals surface area contributed by atoms with E-state index in [4.69, 9.17) is 0 Å². The summed E-state index contributed by atoms with van der Waals surface area (Å²) in [7, 11) is 1.72. The Bertz CT molecular complexity index is 854. The van der Waals surface area contributed by atoms with Gasteiger partial charge in [-0.15, -0.1) is 0 Å². The summed E-state index contributed by atoms with van der Waals surface area (Å²) in [4.78, 5) is 36.6. The maximum Gasteiger partial charge on any atom is 0.282 e. The van der Waals surface area contributed by atoms with Crippen LogP contribution >= 0.6 is 0 Å². The van der Waals surface area contributed by atoms with Crippen LogP contribution < -0.4 is 15.5 Å². The number of rotatable bonds is 7. The Morgan fingerprint density at radius 2 is 1.67 bits per heavy atom. The molecule has 0 saturated heterocycles. The van der Waals surface area contributed by atoms with E-state index in [2.05, 4.69) is 10.6 Å². The molecule has 1 unspecified atom stereocenters. The highest BCUT2D eigenvalue weighted by Gasteiger charge is 2.24. The van der Waals surface area contributed by atoms with Crippen molar-refractivity contribution >= 4 is 29.0 Å². The molecule has 0 aliphatic heterocycles. The number of amides is 2. The smallest absolute Gasteiger partial charge is 0.282 e. The van der Waals surface area contributed by atoms with Crippen LogP contribution in [0.25, 0.3) is 0 Å². The second-order valence-electron chi connectivity index (χ2n) is 6.43. The zero-order valence-electron chi connectivity index (χ0n) is 15.5. The van der Waals surface area contributed by atoms with E-state index in [0.29, 0.717) is 21.8 Å². The fourth-order valence-electron chi connectivity index (χ4n) is 2.47. The average Bonchev–Trinajstić information content (AvgIpc) is 2.61. The van der Waals surface area contributed by atoms with Crippen LogP contribution in [0.5, 0.6) is 0 Å². The molecule has 7 heteroatoms. The molecule has 2 atom stereocenters. The number of nitrogens with one attached hydrogen (secondary N) is 3. The Balaban J connectivity index is 1.92. The molecule has 0 fully saturated rings. The molecule has 2 amide bonds. The van der Waals surface area contributed by atoms with Gasteiger partial charge < -0.3 is 15.5 Å². The second-order valence-corrected chi connectivity index (χ2v) is 6.43. The molecular weight excluding hydrogens is 349 g/mol. The largest absolute Gasteiger partial charge is 0.321 e. The first-order chi connectivity index (χ1) is 12.8. The van der Waals surface area contributed by atoms with Crippen LogP contribution in [0.3, 0.4) is 0 Å². The van der Waals surface area contributed by atoms with Crippen LogP contribution in [0.4, 0.5) is 15.8 Å². The Morgan fingerprint density at radius 1 is 1.04 bits per heavy atom. The van der Waals surface area contributed by atoms with Crippen molar-refractivity contribution in [3.63, 3.8) is 0 Å². The maximum absolute atomic E-state index is 13.2. The van der Waals surface area contributed by atoms with E-state index >= 15 is 0 Å². The highest BCUT2D eigenvalue weighted by molar-refractivity contribution is 5.98. The molecule has 0 bridgehead atoms. The van der Waals surface area contributed by atoms with E-state index in [1.165, 1.54) is 25.1 Å². The number of hydrogen-bond donors (Lipinski definition) is 3. The summed E-state index contributed by atoms with van der Waals surface area (Å²) in [5, 5.41) is 5.36. The summed E-state index contributed by atoms with van der Waals surface area (Å²) in [5.41, 5.74) is 1.40. The van der Waals surface area contributed by atoms with Gasteiger partial charge >= 0.3 is 0 Å². The quantitative estimate of drug-likeness (QED) is 0.645.